The maximum absolute atomic E-state index is 12.3. The summed E-state index contributed by atoms with van der Waals surface area (Å²) in [5.74, 6) is 0.0247. The van der Waals surface area contributed by atoms with Crippen molar-refractivity contribution in [3.8, 4) is 0 Å². The van der Waals surface area contributed by atoms with Crippen LogP contribution in [0.25, 0.3) is 0 Å². The highest BCUT2D eigenvalue weighted by Gasteiger charge is 2.31. The van der Waals surface area contributed by atoms with Crippen molar-refractivity contribution in [2.24, 2.45) is 0 Å². The van der Waals surface area contributed by atoms with E-state index in [2.05, 4.69) is 5.32 Å². The molecule has 2 atom stereocenters. The Labute approximate surface area is 107 Å². The Bertz CT molecular complexity index is 325. The van der Waals surface area contributed by atoms with E-state index in [0.717, 1.165) is 6.54 Å². The average molecular weight is 255 g/mol. The summed E-state index contributed by atoms with van der Waals surface area (Å²) in [5, 5.41) is 3.00. The normalized spacial score (nSPS) is 29.6. The van der Waals surface area contributed by atoms with Crippen LogP contribution in [0, 0.1) is 0 Å². The molecule has 0 radical (unpaired) electrons. The number of piperazine rings is 1. The maximum Gasteiger partial charge on any atom is 0.242 e. The van der Waals surface area contributed by atoms with Crippen LogP contribution in [-0.4, -0.2) is 73.1 Å². The van der Waals surface area contributed by atoms with Gasteiger partial charge in [0.15, 0.2) is 0 Å². The Morgan fingerprint density at radius 1 is 1.39 bits per heavy atom. The molecule has 6 heteroatoms. The van der Waals surface area contributed by atoms with Crippen LogP contribution in [-0.2, 0) is 14.3 Å². The zero-order valence-corrected chi connectivity index (χ0v) is 11.0. The third-order valence-electron chi connectivity index (χ3n) is 3.47. The molecule has 0 aromatic rings. The van der Waals surface area contributed by atoms with Gasteiger partial charge < -0.3 is 19.9 Å². The number of rotatable bonds is 2. The largest absolute Gasteiger partial charge is 0.377 e. The minimum absolute atomic E-state index is 0.00293. The summed E-state index contributed by atoms with van der Waals surface area (Å²) in [7, 11) is 0. The molecule has 0 aromatic heterocycles. The van der Waals surface area contributed by atoms with Crippen LogP contribution in [0.5, 0.6) is 0 Å². The minimum atomic E-state index is 0.00293. The molecule has 0 saturated carbocycles. The van der Waals surface area contributed by atoms with Gasteiger partial charge in [0.05, 0.1) is 38.4 Å². The van der Waals surface area contributed by atoms with Crippen LogP contribution in [0.2, 0.25) is 0 Å². The highest BCUT2D eigenvalue weighted by Crippen LogP contribution is 2.13. The van der Waals surface area contributed by atoms with Crippen LogP contribution < -0.4 is 5.32 Å². The molecule has 2 aliphatic heterocycles. The van der Waals surface area contributed by atoms with Crippen LogP contribution in [0.4, 0.5) is 0 Å². The van der Waals surface area contributed by atoms with Crippen LogP contribution in [0.15, 0.2) is 0 Å². The number of morpholine rings is 1. The Hall–Kier alpha value is -1.14. The summed E-state index contributed by atoms with van der Waals surface area (Å²) in [5.41, 5.74) is 0. The number of ether oxygens (including phenoxy) is 1. The molecule has 0 spiro atoms. The Morgan fingerprint density at radius 3 is 2.67 bits per heavy atom. The molecule has 2 unspecified atom stereocenters. The molecule has 2 fully saturated rings. The van der Waals surface area contributed by atoms with Crippen LogP contribution in [0.1, 0.15) is 13.8 Å². The second-order valence-electron chi connectivity index (χ2n) is 5.03. The first-order valence-corrected chi connectivity index (χ1v) is 6.47. The van der Waals surface area contributed by atoms with Crippen LogP contribution in [0.3, 0.4) is 0 Å². The van der Waals surface area contributed by atoms with Gasteiger partial charge in [-0.1, -0.05) is 0 Å². The van der Waals surface area contributed by atoms with E-state index in [9.17, 15) is 9.59 Å². The van der Waals surface area contributed by atoms with E-state index in [-0.39, 0.29) is 30.4 Å². The lowest BCUT2D eigenvalue weighted by atomic mass is 10.1. The van der Waals surface area contributed by atoms with Gasteiger partial charge in [-0.2, -0.15) is 0 Å². The molecule has 0 bridgehead atoms. The monoisotopic (exact) mass is 255 g/mol. The molecular weight excluding hydrogens is 234 g/mol. The van der Waals surface area contributed by atoms with Crippen molar-refractivity contribution in [3.63, 3.8) is 0 Å². The molecule has 2 rings (SSSR count). The Kier molecular flexibility index (Phi) is 4.19. The zero-order chi connectivity index (χ0) is 13.1. The smallest absolute Gasteiger partial charge is 0.242 e. The Morgan fingerprint density at radius 2 is 2.06 bits per heavy atom. The number of amides is 2. The van der Waals surface area contributed by atoms with Gasteiger partial charge in [0.2, 0.25) is 11.8 Å². The van der Waals surface area contributed by atoms with Crippen molar-refractivity contribution in [2.75, 3.05) is 39.4 Å². The van der Waals surface area contributed by atoms with Crippen molar-refractivity contribution in [3.05, 3.63) is 0 Å². The summed E-state index contributed by atoms with van der Waals surface area (Å²) < 4.78 is 5.40. The fourth-order valence-electron chi connectivity index (χ4n) is 2.55. The number of nitrogens with zero attached hydrogens (tertiary/aromatic N) is 2. The molecule has 0 aromatic carbocycles. The average Bonchev–Trinajstić information content (AvgIpc) is 2.32. The molecule has 2 saturated heterocycles. The number of carbonyl (C=O) groups excluding carboxylic acids is 2. The fourth-order valence-corrected chi connectivity index (χ4v) is 2.55. The lowest BCUT2D eigenvalue weighted by Crippen LogP contribution is -2.57. The van der Waals surface area contributed by atoms with Gasteiger partial charge in [-0.15, -0.1) is 0 Å². The zero-order valence-electron chi connectivity index (χ0n) is 11.0. The van der Waals surface area contributed by atoms with E-state index in [0.29, 0.717) is 26.3 Å². The molecule has 2 heterocycles. The van der Waals surface area contributed by atoms with Gasteiger partial charge in [-0.25, -0.2) is 0 Å². The van der Waals surface area contributed by atoms with E-state index < -0.39 is 0 Å². The Balaban J connectivity index is 1.95. The van der Waals surface area contributed by atoms with Crippen molar-refractivity contribution in [2.45, 2.75) is 25.9 Å². The molecule has 102 valence electrons. The molecule has 0 aliphatic carbocycles. The first kappa shape index (κ1) is 13.3. The van der Waals surface area contributed by atoms with Crippen molar-refractivity contribution in [1.29, 1.82) is 0 Å². The quantitative estimate of drug-likeness (QED) is 0.691. The van der Waals surface area contributed by atoms with Gasteiger partial charge in [0.1, 0.15) is 0 Å². The highest BCUT2D eigenvalue weighted by atomic mass is 16.5. The van der Waals surface area contributed by atoms with E-state index in [1.807, 2.05) is 18.7 Å². The summed E-state index contributed by atoms with van der Waals surface area (Å²) >= 11 is 0. The third-order valence-corrected chi connectivity index (χ3v) is 3.47. The lowest BCUT2D eigenvalue weighted by Gasteiger charge is -2.40. The number of nitrogens with one attached hydrogen (secondary N) is 1. The van der Waals surface area contributed by atoms with Gasteiger partial charge in [0.25, 0.3) is 0 Å². The number of carbonyl (C=O) groups is 2. The van der Waals surface area contributed by atoms with Gasteiger partial charge >= 0.3 is 0 Å². The predicted molar refractivity (Wildman–Crippen MR) is 66.0 cm³/mol. The fraction of sp³-hybridized carbons (Fsp3) is 0.833. The van der Waals surface area contributed by atoms with Gasteiger partial charge in [0, 0.05) is 13.1 Å². The molecule has 6 nitrogen and oxygen atoms in total. The van der Waals surface area contributed by atoms with Crippen molar-refractivity contribution < 1.29 is 14.3 Å². The lowest BCUT2D eigenvalue weighted by molar-refractivity contribution is -0.149. The number of hydrogen-bond acceptors (Lipinski definition) is 4. The van der Waals surface area contributed by atoms with Gasteiger partial charge in [-0.05, 0) is 13.8 Å². The van der Waals surface area contributed by atoms with E-state index in [1.165, 1.54) is 0 Å². The molecule has 1 N–H and O–H groups in total. The second kappa shape index (κ2) is 5.67. The summed E-state index contributed by atoms with van der Waals surface area (Å²) in [4.78, 5) is 27.4. The molecule has 2 aliphatic rings. The highest BCUT2D eigenvalue weighted by molar-refractivity contribution is 5.86. The molecule has 18 heavy (non-hydrogen) atoms. The topological polar surface area (TPSA) is 61.9 Å². The van der Waals surface area contributed by atoms with Crippen molar-refractivity contribution >= 4 is 11.8 Å². The van der Waals surface area contributed by atoms with Crippen molar-refractivity contribution in [1.82, 2.24) is 15.1 Å². The maximum atomic E-state index is 12.3. The van der Waals surface area contributed by atoms with E-state index >= 15 is 0 Å². The first-order valence-electron chi connectivity index (χ1n) is 6.47. The summed E-state index contributed by atoms with van der Waals surface area (Å²) in [6, 6.07) is 0.165. The summed E-state index contributed by atoms with van der Waals surface area (Å²) in [6.07, 6.45) is 0. The predicted octanol–water partition coefficient (Wildman–Crippen LogP) is -0.946. The first-order chi connectivity index (χ1) is 8.59. The standard InChI is InChI=1S/C12H21N3O3/c1-9-7-18-8-10(2)15(9)12(17)6-14-4-3-13-5-11(14)16/h9-10,13H,3-8H2,1-2H3. The van der Waals surface area contributed by atoms with E-state index in [4.69, 9.17) is 4.74 Å². The minimum Gasteiger partial charge on any atom is -0.377 e. The van der Waals surface area contributed by atoms with E-state index in [1.54, 1.807) is 4.90 Å². The third kappa shape index (κ3) is 2.81. The SMILES string of the molecule is CC1COCC(C)N1C(=O)CN1CCNCC1=O. The van der Waals surface area contributed by atoms with Gasteiger partial charge in [-0.3, -0.25) is 9.59 Å². The molecular formula is C12H21N3O3. The molecule has 2 amide bonds. The number of hydrogen-bond donors (Lipinski definition) is 1. The second-order valence-corrected chi connectivity index (χ2v) is 5.03. The van der Waals surface area contributed by atoms with Crippen LogP contribution >= 0.6 is 0 Å². The summed E-state index contributed by atoms with van der Waals surface area (Å²) in [6.45, 7) is 7.00.